The molecule has 2 aromatic rings. The van der Waals surface area contributed by atoms with Gasteiger partial charge in [-0.05, 0) is 45.0 Å². The fraction of sp³-hybridized carbons (Fsp3) is 0.400. The molecule has 4 heteroatoms. The Morgan fingerprint density at radius 3 is 2.54 bits per heavy atom. The Morgan fingerprint density at radius 2 is 1.79 bits per heavy atom. The molecule has 0 aliphatic carbocycles. The van der Waals surface area contributed by atoms with Crippen LogP contribution in [0.2, 0.25) is 0 Å². The maximum absolute atomic E-state index is 5.90. The van der Waals surface area contributed by atoms with Crippen LogP contribution in [0.3, 0.4) is 0 Å². The minimum absolute atomic E-state index is 0.0650. The second kappa shape index (κ2) is 9.83. The predicted octanol–water partition coefficient (Wildman–Crippen LogP) is 4.29. The monoisotopic (exact) mass is 329 g/mol. The van der Waals surface area contributed by atoms with Crippen LogP contribution in [-0.2, 0) is 4.74 Å². The van der Waals surface area contributed by atoms with Crippen molar-refractivity contribution in [2.75, 3.05) is 31.7 Å². The molecule has 24 heavy (non-hydrogen) atoms. The Kier molecular flexibility index (Phi) is 7.43. The van der Waals surface area contributed by atoms with E-state index in [1.165, 1.54) is 5.56 Å². The molecule has 4 nitrogen and oxygen atoms in total. The van der Waals surface area contributed by atoms with Crippen LogP contribution in [0.5, 0.6) is 11.5 Å². The van der Waals surface area contributed by atoms with E-state index >= 15 is 0 Å². The number of aryl methyl sites for hydroxylation is 1. The molecule has 0 bridgehead atoms. The predicted molar refractivity (Wildman–Crippen MR) is 98.2 cm³/mol. The van der Waals surface area contributed by atoms with Crippen molar-refractivity contribution in [3.05, 3.63) is 54.1 Å². The third-order valence-corrected chi connectivity index (χ3v) is 3.49. The molecule has 0 aromatic heterocycles. The molecule has 0 amide bonds. The second-order valence-corrected chi connectivity index (χ2v) is 5.70. The molecule has 2 rings (SSSR count). The van der Waals surface area contributed by atoms with Gasteiger partial charge in [0.1, 0.15) is 24.2 Å². The van der Waals surface area contributed by atoms with Crippen LogP contribution in [0.25, 0.3) is 0 Å². The van der Waals surface area contributed by atoms with Crippen molar-refractivity contribution in [3.8, 4) is 11.5 Å². The van der Waals surface area contributed by atoms with E-state index in [-0.39, 0.29) is 6.10 Å². The molecule has 1 atom stereocenters. The van der Waals surface area contributed by atoms with Crippen LogP contribution >= 0.6 is 0 Å². The normalized spacial score (nSPS) is 11.8. The van der Waals surface area contributed by atoms with E-state index in [4.69, 9.17) is 14.2 Å². The molecule has 0 spiro atoms. The first-order valence-corrected chi connectivity index (χ1v) is 8.45. The van der Waals surface area contributed by atoms with Gasteiger partial charge in [0.25, 0.3) is 0 Å². The summed E-state index contributed by atoms with van der Waals surface area (Å²) in [6.07, 6.45) is 0.0650. The maximum atomic E-state index is 5.90. The van der Waals surface area contributed by atoms with Gasteiger partial charge < -0.3 is 19.5 Å². The van der Waals surface area contributed by atoms with Gasteiger partial charge in [0, 0.05) is 18.4 Å². The highest BCUT2D eigenvalue weighted by molar-refractivity contribution is 5.48. The molecule has 130 valence electrons. The van der Waals surface area contributed by atoms with E-state index < -0.39 is 0 Å². The third-order valence-electron chi connectivity index (χ3n) is 3.49. The quantitative estimate of drug-likeness (QED) is 0.660. The van der Waals surface area contributed by atoms with Gasteiger partial charge in [-0.3, -0.25) is 0 Å². The summed E-state index contributed by atoms with van der Waals surface area (Å²) >= 11 is 0. The SMILES string of the molecule is CCOCCOc1cccc(NCC(C)Oc2ccc(C)cc2)c1. The van der Waals surface area contributed by atoms with Gasteiger partial charge in [-0.15, -0.1) is 0 Å². The van der Waals surface area contributed by atoms with E-state index in [2.05, 4.69) is 31.3 Å². The van der Waals surface area contributed by atoms with Crippen LogP contribution in [0.4, 0.5) is 5.69 Å². The molecule has 0 saturated carbocycles. The van der Waals surface area contributed by atoms with Gasteiger partial charge in [0.15, 0.2) is 0 Å². The van der Waals surface area contributed by atoms with E-state index in [9.17, 15) is 0 Å². The van der Waals surface area contributed by atoms with Crippen LogP contribution in [-0.4, -0.2) is 32.5 Å². The van der Waals surface area contributed by atoms with Crippen molar-refractivity contribution in [1.29, 1.82) is 0 Å². The summed E-state index contributed by atoms with van der Waals surface area (Å²) in [5.41, 5.74) is 2.25. The summed E-state index contributed by atoms with van der Waals surface area (Å²) in [5, 5.41) is 3.38. The number of anilines is 1. The lowest BCUT2D eigenvalue weighted by Crippen LogP contribution is -2.22. The Bertz CT molecular complexity index is 598. The lowest BCUT2D eigenvalue weighted by molar-refractivity contribution is 0.110. The van der Waals surface area contributed by atoms with Gasteiger partial charge in [-0.2, -0.15) is 0 Å². The van der Waals surface area contributed by atoms with Crippen molar-refractivity contribution in [1.82, 2.24) is 0 Å². The molecule has 0 radical (unpaired) electrons. The zero-order valence-corrected chi connectivity index (χ0v) is 14.7. The van der Waals surface area contributed by atoms with Gasteiger partial charge >= 0.3 is 0 Å². The average Bonchev–Trinajstić information content (AvgIpc) is 2.59. The largest absolute Gasteiger partial charge is 0.491 e. The van der Waals surface area contributed by atoms with Crippen LogP contribution < -0.4 is 14.8 Å². The molecule has 0 aliphatic rings. The first kappa shape index (κ1) is 18.1. The Labute approximate surface area is 144 Å². The fourth-order valence-electron chi connectivity index (χ4n) is 2.21. The Morgan fingerprint density at radius 1 is 1.00 bits per heavy atom. The summed E-state index contributed by atoms with van der Waals surface area (Å²) < 4.78 is 16.8. The van der Waals surface area contributed by atoms with E-state index in [1.54, 1.807) is 0 Å². The van der Waals surface area contributed by atoms with Gasteiger partial charge in [-0.25, -0.2) is 0 Å². The van der Waals surface area contributed by atoms with Crippen molar-refractivity contribution in [2.45, 2.75) is 26.9 Å². The van der Waals surface area contributed by atoms with Crippen LogP contribution in [0.1, 0.15) is 19.4 Å². The molecule has 0 fully saturated rings. The summed E-state index contributed by atoms with van der Waals surface area (Å²) in [4.78, 5) is 0. The molecule has 2 aromatic carbocycles. The molecular weight excluding hydrogens is 302 g/mol. The van der Waals surface area contributed by atoms with Crippen LogP contribution in [0.15, 0.2) is 48.5 Å². The average molecular weight is 329 g/mol. The molecule has 1 unspecified atom stereocenters. The summed E-state index contributed by atoms with van der Waals surface area (Å²) in [5.74, 6) is 1.73. The zero-order valence-electron chi connectivity index (χ0n) is 14.7. The summed E-state index contributed by atoms with van der Waals surface area (Å²) in [7, 11) is 0. The molecular formula is C20H27NO3. The maximum Gasteiger partial charge on any atom is 0.121 e. The Hall–Kier alpha value is -2.20. The zero-order chi connectivity index (χ0) is 17.2. The van der Waals surface area contributed by atoms with Crippen molar-refractivity contribution < 1.29 is 14.2 Å². The highest BCUT2D eigenvalue weighted by Gasteiger charge is 2.04. The minimum Gasteiger partial charge on any atom is -0.491 e. The third kappa shape index (κ3) is 6.50. The number of benzene rings is 2. The van der Waals surface area contributed by atoms with E-state index in [0.29, 0.717) is 19.8 Å². The molecule has 0 saturated heterocycles. The topological polar surface area (TPSA) is 39.7 Å². The number of ether oxygens (including phenoxy) is 3. The standard InChI is InChI=1S/C20H27NO3/c1-4-22-12-13-23-20-7-5-6-18(14-20)21-15-17(3)24-19-10-8-16(2)9-11-19/h5-11,14,17,21H,4,12-13,15H2,1-3H3. The lowest BCUT2D eigenvalue weighted by Gasteiger charge is -2.17. The van der Waals surface area contributed by atoms with Crippen molar-refractivity contribution in [3.63, 3.8) is 0 Å². The summed E-state index contributed by atoms with van der Waals surface area (Å²) in [6.45, 7) is 8.69. The smallest absolute Gasteiger partial charge is 0.121 e. The van der Waals surface area contributed by atoms with Crippen LogP contribution in [0, 0.1) is 6.92 Å². The van der Waals surface area contributed by atoms with Gasteiger partial charge in [0.05, 0.1) is 13.2 Å². The second-order valence-electron chi connectivity index (χ2n) is 5.70. The highest BCUT2D eigenvalue weighted by Crippen LogP contribution is 2.18. The number of rotatable bonds is 10. The number of nitrogens with one attached hydrogen (secondary N) is 1. The fourth-order valence-corrected chi connectivity index (χ4v) is 2.21. The molecule has 0 heterocycles. The van der Waals surface area contributed by atoms with E-state index in [1.807, 2.05) is 43.3 Å². The first-order chi connectivity index (χ1) is 11.7. The van der Waals surface area contributed by atoms with Gasteiger partial charge in [0.2, 0.25) is 0 Å². The number of hydrogen-bond acceptors (Lipinski definition) is 4. The first-order valence-electron chi connectivity index (χ1n) is 8.45. The minimum atomic E-state index is 0.0650. The van der Waals surface area contributed by atoms with E-state index in [0.717, 1.165) is 23.7 Å². The number of hydrogen-bond donors (Lipinski definition) is 1. The lowest BCUT2D eigenvalue weighted by atomic mass is 10.2. The summed E-state index contributed by atoms with van der Waals surface area (Å²) in [6, 6.07) is 16.0. The molecule has 0 aliphatic heterocycles. The molecule has 1 N–H and O–H groups in total. The van der Waals surface area contributed by atoms with Crippen molar-refractivity contribution >= 4 is 5.69 Å². The van der Waals surface area contributed by atoms with Crippen molar-refractivity contribution in [2.24, 2.45) is 0 Å². The highest BCUT2D eigenvalue weighted by atomic mass is 16.5. The Balaban J connectivity index is 1.77. The van der Waals surface area contributed by atoms with Gasteiger partial charge in [-0.1, -0.05) is 23.8 Å².